The third kappa shape index (κ3) is 2.34. The normalized spacial score (nSPS) is 10.9. The van der Waals surface area contributed by atoms with Crippen molar-refractivity contribution in [1.29, 1.82) is 0 Å². The van der Waals surface area contributed by atoms with Gasteiger partial charge in [-0.1, -0.05) is 12.1 Å². The first-order chi connectivity index (χ1) is 11.8. The molecule has 6 nitrogen and oxygen atoms in total. The van der Waals surface area contributed by atoms with E-state index in [4.69, 9.17) is 4.74 Å². The van der Waals surface area contributed by atoms with Crippen molar-refractivity contribution in [2.24, 2.45) is 0 Å². The van der Waals surface area contributed by atoms with Crippen molar-refractivity contribution in [3.05, 3.63) is 66.7 Å². The summed E-state index contributed by atoms with van der Waals surface area (Å²) in [6.45, 7) is 0. The van der Waals surface area contributed by atoms with Gasteiger partial charge in [-0.05, 0) is 29.8 Å². The average Bonchev–Trinajstić information content (AvgIpc) is 3.30. The highest BCUT2D eigenvalue weighted by molar-refractivity contribution is 6.04. The number of benzene rings is 1. The van der Waals surface area contributed by atoms with Crippen molar-refractivity contribution in [2.75, 3.05) is 7.11 Å². The number of hydrogen-bond acceptors (Lipinski definition) is 4. The Balaban J connectivity index is 1.82. The molecular weight excluding hydrogens is 304 g/mol. The van der Waals surface area contributed by atoms with Gasteiger partial charge in [0.05, 0.1) is 18.4 Å². The minimum absolute atomic E-state index is 0.384. The molecule has 3 heterocycles. The molecule has 0 atom stereocenters. The molecule has 6 heteroatoms. The molecular formula is C18H14N4O2. The predicted octanol–water partition coefficient (Wildman–Crippen LogP) is 3.20. The maximum atomic E-state index is 11.9. The first-order valence-electron chi connectivity index (χ1n) is 7.42. The van der Waals surface area contributed by atoms with Crippen LogP contribution in [0.25, 0.3) is 27.8 Å². The Hall–Kier alpha value is -3.41. The van der Waals surface area contributed by atoms with Crippen LogP contribution in [0.3, 0.4) is 0 Å². The third-order valence-corrected chi connectivity index (χ3v) is 3.88. The van der Waals surface area contributed by atoms with Crippen molar-refractivity contribution >= 4 is 17.0 Å². The molecule has 4 rings (SSSR count). The zero-order valence-electron chi connectivity index (χ0n) is 12.9. The summed E-state index contributed by atoms with van der Waals surface area (Å²) < 4.78 is 6.62. The minimum atomic E-state index is -0.384. The van der Waals surface area contributed by atoms with E-state index in [9.17, 15) is 4.79 Å². The Morgan fingerprint density at radius 1 is 1.21 bits per heavy atom. The minimum Gasteiger partial charge on any atom is -0.465 e. The number of esters is 1. The van der Waals surface area contributed by atoms with Gasteiger partial charge in [0.25, 0.3) is 0 Å². The molecule has 4 aromatic rings. The summed E-state index contributed by atoms with van der Waals surface area (Å²) in [5.74, 6) is -0.384. The van der Waals surface area contributed by atoms with Crippen LogP contribution in [0.4, 0.5) is 0 Å². The van der Waals surface area contributed by atoms with Gasteiger partial charge in [-0.3, -0.25) is 0 Å². The van der Waals surface area contributed by atoms with Gasteiger partial charge in [-0.15, -0.1) is 0 Å². The van der Waals surface area contributed by atoms with Crippen molar-refractivity contribution in [3.8, 4) is 16.8 Å². The second-order valence-electron chi connectivity index (χ2n) is 5.32. The van der Waals surface area contributed by atoms with Gasteiger partial charge in [-0.2, -0.15) is 5.10 Å². The number of fused-ring (bicyclic) bond motifs is 1. The number of rotatable bonds is 3. The maximum absolute atomic E-state index is 11.9. The molecule has 0 saturated heterocycles. The molecule has 0 aliphatic heterocycles. The lowest BCUT2D eigenvalue weighted by Crippen LogP contribution is -1.99. The summed E-state index contributed by atoms with van der Waals surface area (Å²) in [4.78, 5) is 19.3. The van der Waals surface area contributed by atoms with E-state index in [0.717, 1.165) is 22.2 Å². The van der Waals surface area contributed by atoms with Gasteiger partial charge in [0.1, 0.15) is 5.65 Å². The number of nitrogens with one attached hydrogen (secondary N) is 1. The summed E-state index contributed by atoms with van der Waals surface area (Å²) in [6, 6.07) is 11.8. The number of methoxy groups -OCH3 is 1. The number of hydrogen-bond donors (Lipinski definition) is 1. The topological polar surface area (TPSA) is 72.8 Å². The largest absolute Gasteiger partial charge is 0.465 e. The highest BCUT2D eigenvalue weighted by atomic mass is 16.5. The molecule has 0 bridgehead atoms. The molecule has 118 valence electrons. The molecule has 0 amide bonds. The highest BCUT2D eigenvalue weighted by Gasteiger charge is 2.14. The lowest BCUT2D eigenvalue weighted by Gasteiger charge is -2.06. The van der Waals surface area contributed by atoms with E-state index in [0.29, 0.717) is 11.2 Å². The lowest BCUT2D eigenvalue weighted by atomic mass is 10.0. The molecule has 0 aliphatic carbocycles. The van der Waals surface area contributed by atoms with Crippen molar-refractivity contribution < 1.29 is 9.53 Å². The smallest absolute Gasteiger partial charge is 0.340 e. The molecule has 0 aliphatic rings. The van der Waals surface area contributed by atoms with E-state index in [1.807, 2.05) is 42.6 Å². The second-order valence-corrected chi connectivity index (χ2v) is 5.32. The Labute approximate surface area is 137 Å². The number of ether oxygens (including phenoxy) is 1. The number of aromatic nitrogens is 4. The van der Waals surface area contributed by atoms with Crippen molar-refractivity contribution in [3.63, 3.8) is 0 Å². The number of nitrogens with zero attached hydrogens (tertiary/aromatic N) is 3. The number of aromatic amines is 1. The van der Waals surface area contributed by atoms with Crippen LogP contribution in [-0.2, 0) is 4.74 Å². The Morgan fingerprint density at radius 2 is 2.12 bits per heavy atom. The average molecular weight is 318 g/mol. The number of H-pyrrole nitrogens is 1. The van der Waals surface area contributed by atoms with E-state index in [1.54, 1.807) is 23.3 Å². The monoisotopic (exact) mass is 318 g/mol. The van der Waals surface area contributed by atoms with Crippen molar-refractivity contribution in [2.45, 2.75) is 0 Å². The second kappa shape index (κ2) is 5.66. The van der Waals surface area contributed by atoms with Gasteiger partial charge in [0, 0.05) is 35.7 Å². The van der Waals surface area contributed by atoms with Crippen molar-refractivity contribution in [1.82, 2.24) is 19.7 Å². The Bertz CT molecular complexity index is 1020. The molecule has 0 fully saturated rings. The molecule has 0 radical (unpaired) electrons. The van der Waals surface area contributed by atoms with Gasteiger partial charge in [-0.25, -0.2) is 14.5 Å². The summed E-state index contributed by atoms with van der Waals surface area (Å²) in [6.07, 6.45) is 7.03. The lowest BCUT2D eigenvalue weighted by molar-refractivity contribution is 0.0603. The van der Waals surface area contributed by atoms with Gasteiger partial charge in [0.2, 0.25) is 0 Å². The highest BCUT2D eigenvalue weighted by Crippen LogP contribution is 2.26. The number of carbonyl (C=O) groups excluding carboxylic acids is 1. The third-order valence-electron chi connectivity index (χ3n) is 3.88. The molecule has 24 heavy (non-hydrogen) atoms. The zero-order chi connectivity index (χ0) is 16.5. The predicted molar refractivity (Wildman–Crippen MR) is 90.0 cm³/mol. The molecule has 0 unspecified atom stereocenters. The van der Waals surface area contributed by atoms with E-state index in [1.165, 1.54) is 7.11 Å². The fraction of sp³-hybridized carbons (Fsp3) is 0.0556. The quantitative estimate of drug-likeness (QED) is 0.589. The van der Waals surface area contributed by atoms with Crippen LogP contribution >= 0.6 is 0 Å². The maximum Gasteiger partial charge on any atom is 0.340 e. The molecule has 0 spiro atoms. The first kappa shape index (κ1) is 14.2. The van der Waals surface area contributed by atoms with Crippen LogP contribution in [0.1, 0.15) is 10.4 Å². The van der Waals surface area contributed by atoms with Crippen LogP contribution in [-0.4, -0.2) is 32.8 Å². The number of pyridine rings is 1. The fourth-order valence-electron chi connectivity index (χ4n) is 2.69. The van der Waals surface area contributed by atoms with Crippen LogP contribution in [0, 0.1) is 0 Å². The van der Waals surface area contributed by atoms with E-state index in [-0.39, 0.29) is 5.97 Å². The van der Waals surface area contributed by atoms with Crippen LogP contribution in [0.15, 0.2) is 61.2 Å². The zero-order valence-corrected chi connectivity index (χ0v) is 12.9. The standard InChI is InChI=1S/C18H14N4O2/c1-24-18(23)16-11-20-17-15(16)9-13(10-19-17)12-4-2-5-14(8-12)22-7-3-6-21-22/h2-11H,1H3,(H,19,20). The fourth-order valence-corrected chi connectivity index (χ4v) is 2.69. The van der Waals surface area contributed by atoms with Crippen LogP contribution in [0.5, 0.6) is 0 Å². The first-order valence-corrected chi connectivity index (χ1v) is 7.42. The van der Waals surface area contributed by atoms with E-state index in [2.05, 4.69) is 15.1 Å². The molecule has 0 saturated carbocycles. The summed E-state index contributed by atoms with van der Waals surface area (Å²) in [5.41, 5.74) is 4.00. The Morgan fingerprint density at radius 3 is 2.92 bits per heavy atom. The van der Waals surface area contributed by atoms with Crippen LogP contribution < -0.4 is 0 Å². The number of carbonyl (C=O) groups is 1. The molecule has 1 aromatic carbocycles. The van der Waals surface area contributed by atoms with Gasteiger partial charge >= 0.3 is 5.97 Å². The summed E-state index contributed by atoms with van der Waals surface area (Å²) >= 11 is 0. The van der Waals surface area contributed by atoms with E-state index >= 15 is 0 Å². The SMILES string of the molecule is COC(=O)c1c[nH]c2ncc(-c3cccc(-n4cccn4)c3)cc12. The Kier molecular flexibility index (Phi) is 3.35. The van der Waals surface area contributed by atoms with Gasteiger partial charge < -0.3 is 9.72 Å². The molecule has 3 aromatic heterocycles. The summed E-state index contributed by atoms with van der Waals surface area (Å²) in [5, 5.41) is 4.99. The van der Waals surface area contributed by atoms with Gasteiger partial charge in [0.15, 0.2) is 0 Å². The van der Waals surface area contributed by atoms with E-state index < -0.39 is 0 Å². The molecule has 1 N–H and O–H groups in total. The van der Waals surface area contributed by atoms with Crippen LogP contribution in [0.2, 0.25) is 0 Å². The summed E-state index contributed by atoms with van der Waals surface area (Å²) in [7, 11) is 1.37.